The van der Waals surface area contributed by atoms with Gasteiger partial charge in [-0.05, 0) is 38.5 Å². The van der Waals surface area contributed by atoms with E-state index in [1.54, 1.807) is 17.9 Å². The number of phenolic OH excluding ortho intramolecular Hbond substituents is 1. The fraction of sp³-hybridized carbons (Fsp3) is 0.500. The number of rotatable bonds is 6. The molecule has 0 aliphatic rings. The van der Waals surface area contributed by atoms with E-state index in [9.17, 15) is 9.18 Å². The topological polar surface area (TPSA) is 52.6 Å². The number of phenols is 1. The highest BCUT2D eigenvalue weighted by molar-refractivity contribution is 5.81. The van der Waals surface area contributed by atoms with E-state index in [1.807, 2.05) is 13.8 Å². The summed E-state index contributed by atoms with van der Waals surface area (Å²) in [5.41, 5.74) is 0.689. The molecule has 0 bridgehead atoms. The number of hydrogen-bond donors (Lipinski definition) is 2. The number of halogens is 1. The molecule has 19 heavy (non-hydrogen) atoms. The summed E-state index contributed by atoms with van der Waals surface area (Å²) in [7, 11) is 0. The van der Waals surface area contributed by atoms with Gasteiger partial charge in [0.15, 0.2) is 11.6 Å². The Balaban J connectivity index is 2.56. The van der Waals surface area contributed by atoms with Crippen LogP contribution in [0.25, 0.3) is 0 Å². The van der Waals surface area contributed by atoms with Gasteiger partial charge in [-0.1, -0.05) is 6.07 Å². The molecule has 4 nitrogen and oxygen atoms in total. The van der Waals surface area contributed by atoms with Gasteiger partial charge in [-0.15, -0.1) is 0 Å². The molecule has 2 N–H and O–H groups in total. The Hall–Kier alpha value is -1.62. The quantitative estimate of drug-likeness (QED) is 0.828. The first-order chi connectivity index (χ1) is 8.99. The van der Waals surface area contributed by atoms with Crippen molar-refractivity contribution in [1.82, 2.24) is 10.2 Å². The molecule has 0 heterocycles. The van der Waals surface area contributed by atoms with E-state index in [-0.39, 0.29) is 17.7 Å². The predicted molar refractivity (Wildman–Crippen MR) is 72.3 cm³/mol. The van der Waals surface area contributed by atoms with E-state index >= 15 is 0 Å². The van der Waals surface area contributed by atoms with Crippen molar-refractivity contribution in [3.8, 4) is 5.75 Å². The average Bonchev–Trinajstić information content (AvgIpc) is 2.41. The molecule has 106 valence electrons. The highest BCUT2D eigenvalue weighted by Crippen LogP contribution is 2.16. The van der Waals surface area contributed by atoms with Crippen LogP contribution >= 0.6 is 0 Å². The van der Waals surface area contributed by atoms with Crippen LogP contribution in [0, 0.1) is 5.82 Å². The van der Waals surface area contributed by atoms with Gasteiger partial charge in [0, 0.05) is 19.6 Å². The molecule has 0 spiro atoms. The highest BCUT2D eigenvalue weighted by atomic mass is 19.1. The zero-order valence-electron chi connectivity index (χ0n) is 11.6. The predicted octanol–water partition coefficient (Wildman–Crippen LogP) is 1.88. The second-order valence-electron chi connectivity index (χ2n) is 4.40. The first kappa shape index (κ1) is 15.4. The summed E-state index contributed by atoms with van der Waals surface area (Å²) in [4.78, 5) is 13.7. The summed E-state index contributed by atoms with van der Waals surface area (Å²) in [6.07, 6.45) is 0. The maximum absolute atomic E-state index is 13.1. The van der Waals surface area contributed by atoms with Crippen molar-refractivity contribution in [3.05, 3.63) is 29.6 Å². The minimum atomic E-state index is -0.651. The first-order valence-electron chi connectivity index (χ1n) is 6.49. The van der Waals surface area contributed by atoms with E-state index in [0.29, 0.717) is 25.2 Å². The van der Waals surface area contributed by atoms with Crippen LogP contribution in [0.4, 0.5) is 4.39 Å². The summed E-state index contributed by atoms with van der Waals surface area (Å²) in [6.45, 7) is 7.39. The maximum atomic E-state index is 13.1. The van der Waals surface area contributed by atoms with Gasteiger partial charge in [-0.2, -0.15) is 0 Å². The normalized spacial score (nSPS) is 12.2. The van der Waals surface area contributed by atoms with E-state index in [4.69, 9.17) is 5.11 Å². The molecule has 1 atom stereocenters. The molecule has 0 fully saturated rings. The molecule has 1 unspecified atom stereocenters. The molecule has 0 aliphatic carbocycles. The third-order valence-electron chi connectivity index (χ3n) is 3.07. The molecule has 0 saturated heterocycles. The van der Waals surface area contributed by atoms with Gasteiger partial charge in [-0.25, -0.2) is 4.39 Å². The third-order valence-corrected chi connectivity index (χ3v) is 3.07. The average molecular weight is 268 g/mol. The lowest BCUT2D eigenvalue weighted by Gasteiger charge is -2.23. The summed E-state index contributed by atoms with van der Waals surface area (Å²) in [5.74, 6) is -0.984. The van der Waals surface area contributed by atoms with E-state index < -0.39 is 5.82 Å². The molecule has 1 amide bonds. The number of benzene rings is 1. The number of likely N-dealkylation sites (N-methyl/N-ethyl adjacent to an activating group) is 1. The summed E-state index contributed by atoms with van der Waals surface area (Å²) < 4.78 is 13.1. The van der Waals surface area contributed by atoms with E-state index in [2.05, 4.69) is 5.32 Å². The number of carbonyl (C=O) groups is 1. The van der Waals surface area contributed by atoms with Crippen LogP contribution in [0.15, 0.2) is 18.2 Å². The molecular formula is C14H21FN2O2. The second-order valence-corrected chi connectivity index (χ2v) is 4.40. The minimum Gasteiger partial charge on any atom is -0.505 e. The number of hydrogen-bond acceptors (Lipinski definition) is 3. The monoisotopic (exact) mass is 268 g/mol. The third kappa shape index (κ3) is 4.21. The minimum absolute atomic E-state index is 0.0317. The molecule has 0 saturated carbocycles. The Kier molecular flexibility index (Phi) is 5.76. The molecule has 0 radical (unpaired) electrons. The van der Waals surface area contributed by atoms with Crippen molar-refractivity contribution in [2.75, 3.05) is 13.1 Å². The summed E-state index contributed by atoms with van der Waals surface area (Å²) >= 11 is 0. The van der Waals surface area contributed by atoms with Crippen molar-refractivity contribution in [2.45, 2.75) is 33.4 Å². The van der Waals surface area contributed by atoms with E-state index in [1.165, 1.54) is 12.1 Å². The van der Waals surface area contributed by atoms with Crippen molar-refractivity contribution in [1.29, 1.82) is 0 Å². The smallest absolute Gasteiger partial charge is 0.239 e. The van der Waals surface area contributed by atoms with Crippen LogP contribution in [0.3, 0.4) is 0 Å². The first-order valence-corrected chi connectivity index (χ1v) is 6.49. The van der Waals surface area contributed by atoms with Gasteiger partial charge in [0.2, 0.25) is 5.91 Å². The Morgan fingerprint density at radius 3 is 2.58 bits per heavy atom. The van der Waals surface area contributed by atoms with Gasteiger partial charge >= 0.3 is 0 Å². The zero-order chi connectivity index (χ0) is 14.4. The van der Waals surface area contributed by atoms with Gasteiger partial charge in [-0.3, -0.25) is 4.79 Å². The number of aromatic hydroxyl groups is 1. The molecule has 0 aromatic heterocycles. The molecular weight excluding hydrogens is 247 g/mol. The van der Waals surface area contributed by atoms with Crippen molar-refractivity contribution in [2.24, 2.45) is 0 Å². The van der Waals surface area contributed by atoms with Crippen LogP contribution in [-0.4, -0.2) is 35.0 Å². The summed E-state index contributed by atoms with van der Waals surface area (Å²) in [6, 6.07) is 3.87. The van der Waals surface area contributed by atoms with Crippen LogP contribution in [0.2, 0.25) is 0 Å². The second kappa shape index (κ2) is 7.09. The van der Waals surface area contributed by atoms with Crippen molar-refractivity contribution >= 4 is 5.91 Å². The van der Waals surface area contributed by atoms with Gasteiger partial charge < -0.3 is 15.3 Å². The van der Waals surface area contributed by atoms with E-state index in [0.717, 1.165) is 0 Å². The van der Waals surface area contributed by atoms with Crippen LogP contribution in [0.5, 0.6) is 5.75 Å². The zero-order valence-corrected chi connectivity index (χ0v) is 11.6. The molecule has 1 aromatic carbocycles. The van der Waals surface area contributed by atoms with Crippen molar-refractivity contribution in [3.63, 3.8) is 0 Å². The molecule has 5 heteroatoms. The van der Waals surface area contributed by atoms with Gasteiger partial charge in [0.05, 0.1) is 6.04 Å². The summed E-state index contributed by atoms with van der Waals surface area (Å²) in [5, 5.41) is 12.1. The molecule has 0 aliphatic heterocycles. The largest absolute Gasteiger partial charge is 0.505 e. The molecule has 1 rings (SSSR count). The van der Waals surface area contributed by atoms with Crippen LogP contribution < -0.4 is 5.32 Å². The van der Waals surface area contributed by atoms with Gasteiger partial charge in [0.1, 0.15) is 0 Å². The molecule has 1 aromatic rings. The number of amides is 1. The Bertz CT molecular complexity index is 433. The number of carbonyl (C=O) groups excluding carboxylic acids is 1. The van der Waals surface area contributed by atoms with Crippen molar-refractivity contribution < 1.29 is 14.3 Å². The number of nitrogens with one attached hydrogen (secondary N) is 1. The Morgan fingerprint density at radius 1 is 1.42 bits per heavy atom. The number of nitrogens with zero attached hydrogens (tertiary/aromatic N) is 1. The lowest BCUT2D eigenvalue weighted by Crippen LogP contribution is -2.44. The lowest BCUT2D eigenvalue weighted by atomic mass is 10.2. The van der Waals surface area contributed by atoms with Gasteiger partial charge in [0.25, 0.3) is 0 Å². The fourth-order valence-electron chi connectivity index (χ4n) is 1.83. The highest BCUT2D eigenvalue weighted by Gasteiger charge is 2.17. The SMILES string of the molecule is CCN(CC)C(=O)C(C)NCc1ccc(O)c(F)c1. The standard InChI is InChI=1S/C14H21FN2O2/c1-4-17(5-2)14(19)10(3)16-9-11-6-7-13(18)12(15)8-11/h6-8,10,16,18H,4-5,9H2,1-3H3. The maximum Gasteiger partial charge on any atom is 0.239 e. The van der Waals surface area contributed by atoms with Crippen LogP contribution in [0.1, 0.15) is 26.3 Å². The van der Waals surface area contributed by atoms with Crippen LogP contribution in [-0.2, 0) is 11.3 Å². The lowest BCUT2D eigenvalue weighted by molar-refractivity contribution is -0.132. The Morgan fingerprint density at radius 2 is 2.05 bits per heavy atom. The Labute approximate surface area is 113 Å². The fourth-order valence-corrected chi connectivity index (χ4v) is 1.83.